The first-order valence-corrected chi connectivity index (χ1v) is 7.37. The highest BCUT2D eigenvalue weighted by molar-refractivity contribution is 6.31. The van der Waals surface area contributed by atoms with E-state index in [2.05, 4.69) is 4.98 Å². The fourth-order valence-corrected chi connectivity index (χ4v) is 2.78. The lowest BCUT2D eigenvalue weighted by atomic mass is 10.1. The lowest BCUT2D eigenvalue weighted by Gasteiger charge is -2.35. The lowest BCUT2D eigenvalue weighted by molar-refractivity contribution is 0.0985. The van der Waals surface area contributed by atoms with E-state index in [1.165, 1.54) is 12.3 Å². The molecule has 0 spiro atoms. The fourth-order valence-electron chi connectivity index (χ4n) is 2.62. The maximum atomic E-state index is 12.7. The number of amides is 1. The third-order valence-electron chi connectivity index (χ3n) is 3.83. The van der Waals surface area contributed by atoms with Crippen molar-refractivity contribution in [3.8, 4) is 0 Å². The average molecular weight is 318 g/mol. The Hall–Kier alpha value is -2.27. The molecule has 0 bridgehead atoms. The van der Waals surface area contributed by atoms with Crippen molar-refractivity contribution in [2.45, 2.75) is 6.92 Å². The quantitative estimate of drug-likeness (QED) is 0.879. The number of fused-ring (bicyclic) bond motifs is 1. The zero-order valence-electron chi connectivity index (χ0n) is 12.4. The van der Waals surface area contributed by atoms with Crippen molar-refractivity contribution in [1.29, 1.82) is 0 Å². The Labute approximate surface area is 133 Å². The van der Waals surface area contributed by atoms with Crippen molar-refractivity contribution in [3.05, 3.63) is 57.0 Å². The zero-order valence-corrected chi connectivity index (χ0v) is 13.1. The number of carbonyl (C=O) groups is 1. The third-order valence-corrected chi connectivity index (χ3v) is 4.07. The summed E-state index contributed by atoms with van der Waals surface area (Å²) in [5.74, 6) is -0.294. The number of rotatable bonds is 1. The van der Waals surface area contributed by atoms with Crippen LogP contribution in [0.25, 0.3) is 0 Å². The van der Waals surface area contributed by atoms with Crippen molar-refractivity contribution in [3.63, 3.8) is 0 Å². The Morgan fingerprint density at radius 3 is 2.73 bits per heavy atom. The van der Waals surface area contributed by atoms with Gasteiger partial charge >= 0.3 is 0 Å². The molecular formula is C16H16ClN3O2. The number of benzene rings is 1. The predicted molar refractivity (Wildman–Crippen MR) is 88.2 cm³/mol. The van der Waals surface area contributed by atoms with Crippen LogP contribution in [0.5, 0.6) is 0 Å². The molecule has 1 aromatic carbocycles. The van der Waals surface area contributed by atoms with E-state index in [4.69, 9.17) is 11.6 Å². The van der Waals surface area contributed by atoms with Gasteiger partial charge in [-0.25, -0.2) is 0 Å². The smallest absolute Gasteiger partial charge is 0.263 e. The largest absolute Gasteiger partial charge is 0.371 e. The molecule has 1 amide bonds. The van der Waals surface area contributed by atoms with Crippen LogP contribution in [0.15, 0.2) is 35.3 Å². The second-order valence-corrected chi connectivity index (χ2v) is 5.84. The normalized spacial score (nSPS) is 14.0. The Bertz CT molecular complexity index is 800. The first-order valence-electron chi connectivity index (χ1n) is 6.99. The molecule has 1 N–H and O–H groups in total. The van der Waals surface area contributed by atoms with Crippen LogP contribution < -0.4 is 15.2 Å². The summed E-state index contributed by atoms with van der Waals surface area (Å²) < 4.78 is 0. The molecule has 0 atom stereocenters. The van der Waals surface area contributed by atoms with Crippen LogP contribution in [0.4, 0.5) is 11.4 Å². The second-order valence-electron chi connectivity index (χ2n) is 5.41. The molecule has 0 fully saturated rings. The van der Waals surface area contributed by atoms with Crippen LogP contribution >= 0.6 is 11.6 Å². The molecule has 2 heterocycles. The predicted octanol–water partition coefficient (Wildman–Crippen LogP) is 2.43. The lowest BCUT2D eigenvalue weighted by Crippen LogP contribution is -2.44. The number of halogens is 1. The van der Waals surface area contributed by atoms with E-state index in [-0.39, 0.29) is 16.9 Å². The summed E-state index contributed by atoms with van der Waals surface area (Å²) in [5, 5.41) is 0.619. The third kappa shape index (κ3) is 2.48. The van der Waals surface area contributed by atoms with Gasteiger partial charge < -0.3 is 14.8 Å². The van der Waals surface area contributed by atoms with Gasteiger partial charge in [0.1, 0.15) is 5.56 Å². The van der Waals surface area contributed by atoms with Gasteiger partial charge in [0.05, 0.1) is 11.4 Å². The Kier molecular flexibility index (Phi) is 3.66. The van der Waals surface area contributed by atoms with E-state index in [9.17, 15) is 9.59 Å². The van der Waals surface area contributed by atoms with Crippen LogP contribution in [-0.4, -0.2) is 31.0 Å². The highest BCUT2D eigenvalue weighted by Gasteiger charge is 2.27. The Morgan fingerprint density at radius 1 is 1.23 bits per heavy atom. The van der Waals surface area contributed by atoms with Crippen molar-refractivity contribution in [2.24, 2.45) is 0 Å². The molecule has 6 heteroatoms. The minimum Gasteiger partial charge on any atom is -0.371 e. The van der Waals surface area contributed by atoms with Gasteiger partial charge in [-0.3, -0.25) is 9.59 Å². The molecule has 22 heavy (non-hydrogen) atoms. The standard InChI is InChI=1S/C16H16ClN3O2/c1-10-7-15(21)12(9-18-10)16(22)20-6-5-19(2)14-8-11(17)3-4-13(14)20/h3-4,7-9H,5-6H2,1-2H3,(H,18,21). The highest BCUT2D eigenvalue weighted by Crippen LogP contribution is 2.35. The Balaban J connectivity index is 2.04. The minimum absolute atomic E-state index is 0.149. The first-order chi connectivity index (χ1) is 10.5. The summed E-state index contributed by atoms with van der Waals surface area (Å²) in [7, 11) is 1.95. The van der Waals surface area contributed by atoms with E-state index in [1.54, 1.807) is 17.9 Å². The van der Waals surface area contributed by atoms with Gasteiger partial charge in [0.15, 0.2) is 5.43 Å². The molecule has 3 rings (SSSR count). The Morgan fingerprint density at radius 2 is 2.00 bits per heavy atom. The van der Waals surface area contributed by atoms with Crippen LogP contribution in [0, 0.1) is 6.92 Å². The monoisotopic (exact) mass is 317 g/mol. The van der Waals surface area contributed by atoms with E-state index < -0.39 is 0 Å². The summed E-state index contributed by atoms with van der Waals surface area (Å²) in [4.78, 5) is 31.4. The number of pyridine rings is 1. The SMILES string of the molecule is Cc1cc(=O)c(C(=O)N2CCN(C)c3cc(Cl)ccc32)c[nH]1. The number of aromatic nitrogens is 1. The van der Waals surface area contributed by atoms with Crippen LogP contribution in [-0.2, 0) is 0 Å². The number of aryl methyl sites for hydroxylation is 1. The van der Waals surface area contributed by atoms with Crippen molar-refractivity contribution in [2.75, 3.05) is 29.9 Å². The summed E-state index contributed by atoms with van der Waals surface area (Å²) in [6, 6.07) is 6.83. The summed E-state index contributed by atoms with van der Waals surface area (Å²) >= 11 is 6.04. The van der Waals surface area contributed by atoms with Gasteiger partial charge in [-0.15, -0.1) is 0 Å². The van der Waals surface area contributed by atoms with Crippen molar-refractivity contribution < 1.29 is 4.79 Å². The topological polar surface area (TPSA) is 56.4 Å². The van der Waals surface area contributed by atoms with Crippen LogP contribution in [0.3, 0.4) is 0 Å². The van der Waals surface area contributed by atoms with Gasteiger partial charge in [-0.2, -0.15) is 0 Å². The molecule has 1 aliphatic heterocycles. The molecule has 5 nitrogen and oxygen atoms in total. The number of H-pyrrole nitrogens is 1. The van der Waals surface area contributed by atoms with E-state index in [0.717, 1.165) is 17.1 Å². The van der Waals surface area contributed by atoms with Gasteiger partial charge in [0.2, 0.25) is 0 Å². The minimum atomic E-state index is -0.294. The van der Waals surface area contributed by atoms with Crippen LogP contribution in [0.1, 0.15) is 16.1 Å². The summed E-state index contributed by atoms with van der Waals surface area (Å²) in [5.41, 5.74) is 2.26. The molecule has 0 saturated heterocycles. The van der Waals surface area contributed by atoms with Gasteiger partial charge in [0.25, 0.3) is 5.91 Å². The first kappa shape index (κ1) is 14.7. The highest BCUT2D eigenvalue weighted by atomic mass is 35.5. The molecule has 1 aliphatic rings. The average Bonchev–Trinajstić information content (AvgIpc) is 2.47. The molecule has 114 valence electrons. The summed E-state index contributed by atoms with van der Waals surface area (Å²) in [6.45, 7) is 2.99. The molecule has 0 radical (unpaired) electrons. The number of aromatic amines is 1. The number of carbonyl (C=O) groups excluding carboxylic acids is 1. The van der Waals surface area contributed by atoms with Crippen LogP contribution in [0.2, 0.25) is 5.02 Å². The maximum absolute atomic E-state index is 12.7. The van der Waals surface area contributed by atoms with Gasteiger partial charge in [-0.05, 0) is 25.1 Å². The zero-order chi connectivity index (χ0) is 15.9. The number of likely N-dealkylation sites (N-methyl/N-ethyl adjacent to an activating group) is 1. The van der Waals surface area contributed by atoms with E-state index in [0.29, 0.717) is 18.1 Å². The van der Waals surface area contributed by atoms with E-state index >= 15 is 0 Å². The molecule has 1 aromatic heterocycles. The summed E-state index contributed by atoms with van der Waals surface area (Å²) in [6.07, 6.45) is 1.48. The van der Waals surface area contributed by atoms with Gasteiger partial charge in [0, 0.05) is 43.1 Å². The van der Waals surface area contributed by atoms with Gasteiger partial charge in [-0.1, -0.05) is 11.6 Å². The van der Waals surface area contributed by atoms with Crippen molar-refractivity contribution >= 4 is 28.9 Å². The molecule has 0 saturated carbocycles. The van der Waals surface area contributed by atoms with E-state index in [1.807, 2.05) is 24.1 Å². The molecule has 2 aromatic rings. The maximum Gasteiger partial charge on any atom is 0.263 e. The number of nitrogens with one attached hydrogen (secondary N) is 1. The number of anilines is 2. The number of hydrogen-bond donors (Lipinski definition) is 1. The molecule has 0 unspecified atom stereocenters. The number of nitrogens with zero attached hydrogens (tertiary/aromatic N) is 2. The second kappa shape index (κ2) is 5.50. The molecular weight excluding hydrogens is 302 g/mol. The fraction of sp³-hybridized carbons (Fsp3) is 0.250. The molecule has 0 aliphatic carbocycles. The van der Waals surface area contributed by atoms with Crippen molar-refractivity contribution in [1.82, 2.24) is 4.98 Å². The number of hydrogen-bond acceptors (Lipinski definition) is 3.